The SMILES string of the molecule is C[C@H](CCCCO)[C@H]1CC[C@H]2[C@@H]3CC[C@@H]4CNCCC[C@]4(C)[C@H]3CC[C@]12C. The Kier molecular flexibility index (Phi) is 5.97. The third-order valence-electron chi connectivity index (χ3n) is 10.4. The molecule has 2 heteroatoms. The summed E-state index contributed by atoms with van der Waals surface area (Å²) in [6.45, 7) is 10.8. The summed E-state index contributed by atoms with van der Waals surface area (Å²) in [4.78, 5) is 0. The van der Waals surface area contributed by atoms with Crippen LogP contribution in [0.15, 0.2) is 0 Å². The quantitative estimate of drug-likeness (QED) is 0.609. The van der Waals surface area contributed by atoms with Crippen LogP contribution in [0.2, 0.25) is 0 Å². The van der Waals surface area contributed by atoms with Crippen LogP contribution in [-0.2, 0) is 0 Å². The first kappa shape index (κ1) is 20.2. The minimum atomic E-state index is 0.371. The third kappa shape index (κ3) is 3.41. The number of rotatable bonds is 5. The van der Waals surface area contributed by atoms with Gasteiger partial charge in [-0.1, -0.05) is 33.6 Å². The molecule has 0 unspecified atom stereocenters. The molecule has 27 heavy (non-hydrogen) atoms. The van der Waals surface area contributed by atoms with Gasteiger partial charge in [-0.15, -0.1) is 0 Å². The molecule has 0 amide bonds. The normalized spacial score (nSPS) is 48.2. The molecule has 4 aliphatic rings. The Hall–Kier alpha value is -0.0800. The maximum absolute atomic E-state index is 9.15. The zero-order chi connectivity index (χ0) is 19.1. The van der Waals surface area contributed by atoms with Crippen molar-refractivity contribution in [1.29, 1.82) is 0 Å². The first-order valence-corrected chi connectivity index (χ1v) is 12.3. The summed E-state index contributed by atoms with van der Waals surface area (Å²) in [6.07, 6.45) is 15.4. The van der Waals surface area contributed by atoms with E-state index >= 15 is 0 Å². The maximum atomic E-state index is 9.15. The average Bonchev–Trinajstić information content (AvgIpc) is 2.88. The van der Waals surface area contributed by atoms with Crippen molar-refractivity contribution in [1.82, 2.24) is 5.32 Å². The molecule has 4 fully saturated rings. The number of unbranched alkanes of at least 4 members (excludes halogenated alkanes) is 1. The molecule has 0 aromatic rings. The second-order valence-electron chi connectivity index (χ2n) is 11.4. The van der Waals surface area contributed by atoms with E-state index in [2.05, 4.69) is 26.1 Å². The van der Waals surface area contributed by atoms with Crippen molar-refractivity contribution in [2.75, 3.05) is 19.7 Å². The van der Waals surface area contributed by atoms with Gasteiger partial charge in [0.05, 0.1) is 0 Å². The van der Waals surface area contributed by atoms with Crippen LogP contribution in [0.3, 0.4) is 0 Å². The lowest BCUT2D eigenvalue weighted by Gasteiger charge is -2.59. The fraction of sp³-hybridized carbons (Fsp3) is 1.00. The molecular formula is C25H45NO. The van der Waals surface area contributed by atoms with Crippen LogP contribution in [-0.4, -0.2) is 24.8 Å². The molecule has 8 atom stereocenters. The highest BCUT2D eigenvalue weighted by molar-refractivity contribution is 5.09. The number of hydrogen-bond donors (Lipinski definition) is 2. The van der Waals surface area contributed by atoms with Gasteiger partial charge in [0.25, 0.3) is 0 Å². The van der Waals surface area contributed by atoms with Gasteiger partial charge < -0.3 is 10.4 Å². The van der Waals surface area contributed by atoms with E-state index in [1.165, 1.54) is 77.3 Å². The van der Waals surface area contributed by atoms with Crippen LogP contribution < -0.4 is 5.32 Å². The van der Waals surface area contributed by atoms with E-state index in [0.717, 1.165) is 41.9 Å². The van der Waals surface area contributed by atoms with E-state index in [9.17, 15) is 0 Å². The van der Waals surface area contributed by atoms with E-state index in [0.29, 0.717) is 17.4 Å². The number of aliphatic hydroxyl groups excluding tert-OH is 1. The maximum Gasteiger partial charge on any atom is 0.0431 e. The number of hydrogen-bond acceptors (Lipinski definition) is 2. The van der Waals surface area contributed by atoms with Crippen molar-refractivity contribution in [3.63, 3.8) is 0 Å². The van der Waals surface area contributed by atoms with Gasteiger partial charge in [-0.25, -0.2) is 0 Å². The fourth-order valence-corrected chi connectivity index (χ4v) is 8.88. The predicted octanol–water partition coefficient (Wildman–Crippen LogP) is 5.64. The second kappa shape index (κ2) is 7.98. The molecule has 0 bridgehead atoms. The van der Waals surface area contributed by atoms with Gasteiger partial charge >= 0.3 is 0 Å². The molecule has 3 saturated carbocycles. The van der Waals surface area contributed by atoms with Crippen molar-refractivity contribution in [2.24, 2.45) is 46.3 Å². The van der Waals surface area contributed by atoms with Gasteiger partial charge in [0.1, 0.15) is 0 Å². The topological polar surface area (TPSA) is 32.3 Å². The Morgan fingerprint density at radius 1 is 0.963 bits per heavy atom. The van der Waals surface area contributed by atoms with Crippen molar-refractivity contribution in [3.05, 3.63) is 0 Å². The summed E-state index contributed by atoms with van der Waals surface area (Å²) in [6, 6.07) is 0. The van der Waals surface area contributed by atoms with Crippen molar-refractivity contribution >= 4 is 0 Å². The first-order valence-electron chi connectivity index (χ1n) is 12.3. The number of aliphatic hydroxyl groups is 1. The van der Waals surface area contributed by atoms with E-state index in [-0.39, 0.29) is 0 Å². The molecule has 2 N–H and O–H groups in total. The van der Waals surface area contributed by atoms with Gasteiger partial charge in [0, 0.05) is 6.61 Å². The molecule has 4 rings (SSSR count). The minimum absolute atomic E-state index is 0.371. The lowest BCUT2D eigenvalue weighted by Crippen LogP contribution is -2.53. The number of nitrogens with one attached hydrogen (secondary N) is 1. The molecule has 0 aromatic heterocycles. The van der Waals surface area contributed by atoms with Crippen LogP contribution in [0.4, 0.5) is 0 Å². The van der Waals surface area contributed by atoms with E-state index < -0.39 is 0 Å². The van der Waals surface area contributed by atoms with Gasteiger partial charge in [-0.3, -0.25) is 0 Å². The van der Waals surface area contributed by atoms with Crippen LogP contribution >= 0.6 is 0 Å². The standard InChI is InChI=1S/C25H45NO/c1-18(7-4-5-16-27)21-10-11-22-20-9-8-19-17-26-15-6-13-24(19,2)23(20)12-14-25(21,22)3/h18-23,26-27H,4-17H2,1-3H3/t18-,19-,20+,21-,22+,23+,24+,25-/m1/s1. The van der Waals surface area contributed by atoms with Crippen LogP contribution in [0, 0.1) is 46.3 Å². The molecule has 1 aliphatic heterocycles. The lowest BCUT2D eigenvalue weighted by atomic mass is 9.46. The van der Waals surface area contributed by atoms with E-state index in [1.54, 1.807) is 0 Å². The summed E-state index contributed by atoms with van der Waals surface area (Å²) in [5, 5.41) is 12.9. The predicted molar refractivity (Wildman–Crippen MR) is 114 cm³/mol. The first-order chi connectivity index (χ1) is 13.0. The monoisotopic (exact) mass is 375 g/mol. The fourth-order valence-electron chi connectivity index (χ4n) is 8.88. The highest BCUT2D eigenvalue weighted by Crippen LogP contribution is 2.67. The Labute approximate surface area is 168 Å². The van der Waals surface area contributed by atoms with Crippen molar-refractivity contribution < 1.29 is 5.11 Å². The molecule has 0 radical (unpaired) electrons. The number of fused-ring (bicyclic) bond motifs is 5. The largest absolute Gasteiger partial charge is 0.396 e. The molecule has 156 valence electrons. The smallest absolute Gasteiger partial charge is 0.0431 e. The van der Waals surface area contributed by atoms with Gasteiger partial charge in [-0.2, -0.15) is 0 Å². The highest BCUT2D eigenvalue weighted by Gasteiger charge is 2.59. The summed E-state index contributed by atoms with van der Waals surface area (Å²) in [7, 11) is 0. The summed E-state index contributed by atoms with van der Waals surface area (Å²) in [5.74, 6) is 5.71. The van der Waals surface area contributed by atoms with Crippen LogP contribution in [0.5, 0.6) is 0 Å². The molecule has 0 aromatic carbocycles. The Balaban J connectivity index is 1.50. The Morgan fingerprint density at radius 2 is 1.78 bits per heavy atom. The molecule has 1 heterocycles. The molecule has 2 nitrogen and oxygen atoms in total. The Bertz CT molecular complexity index is 507. The zero-order valence-corrected chi connectivity index (χ0v) is 18.3. The van der Waals surface area contributed by atoms with E-state index in [1.807, 2.05) is 0 Å². The molecule has 0 spiro atoms. The van der Waals surface area contributed by atoms with Gasteiger partial charge in [-0.05, 0) is 117 Å². The molecular weight excluding hydrogens is 330 g/mol. The molecule has 3 aliphatic carbocycles. The summed E-state index contributed by atoms with van der Waals surface area (Å²) < 4.78 is 0. The second-order valence-corrected chi connectivity index (χ2v) is 11.4. The van der Waals surface area contributed by atoms with E-state index in [4.69, 9.17) is 5.11 Å². The third-order valence-corrected chi connectivity index (χ3v) is 10.4. The highest BCUT2D eigenvalue weighted by atomic mass is 16.2. The Morgan fingerprint density at radius 3 is 2.59 bits per heavy atom. The van der Waals surface area contributed by atoms with Crippen LogP contribution in [0.25, 0.3) is 0 Å². The van der Waals surface area contributed by atoms with Crippen molar-refractivity contribution in [2.45, 2.75) is 91.4 Å². The van der Waals surface area contributed by atoms with Crippen LogP contribution in [0.1, 0.15) is 91.4 Å². The van der Waals surface area contributed by atoms with Gasteiger partial charge in [0.2, 0.25) is 0 Å². The lowest BCUT2D eigenvalue weighted by molar-refractivity contribution is -0.100. The zero-order valence-electron chi connectivity index (χ0n) is 18.3. The van der Waals surface area contributed by atoms with Gasteiger partial charge in [0.15, 0.2) is 0 Å². The average molecular weight is 376 g/mol. The molecule has 1 saturated heterocycles. The summed E-state index contributed by atoms with van der Waals surface area (Å²) in [5.41, 5.74) is 1.21. The summed E-state index contributed by atoms with van der Waals surface area (Å²) >= 11 is 0. The van der Waals surface area contributed by atoms with Crippen molar-refractivity contribution in [3.8, 4) is 0 Å². The minimum Gasteiger partial charge on any atom is -0.396 e.